The first-order chi connectivity index (χ1) is 9.90. The first-order valence-corrected chi connectivity index (χ1v) is 6.59. The molecule has 0 bridgehead atoms. The van der Waals surface area contributed by atoms with Gasteiger partial charge >= 0.3 is 0 Å². The molecule has 100 valence electrons. The predicted molar refractivity (Wildman–Crippen MR) is 81.1 cm³/mol. The molecular formula is C17H16N2O. The minimum atomic E-state index is 0.808. The Labute approximate surface area is 118 Å². The Bertz CT molecular complexity index is 631. The number of ether oxygens (including phenoxy) is 1. The molecule has 2 aromatic carbocycles. The van der Waals surface area contributed by atoms with Crippen molar-refractivity contribution >= 4 is 5.69 Å². The molecule has 0 radical (unpaired) electrons. The number of aromatic amines is 1. The molecule has 0 atom stereocenters. The van der Waals surface area contributed by atoms with Gasteiger partial charge in [0.25, 0.3) is 0 Å². The number of benzene rings is 2. The minimum Gasteiger partial charge on any atom is -0.457 e. The van der Waals surface area contributed by atoms with Gasteiger partial charge in [0.05, 0.1) is 0 Å². The second kappa shape index (κ2) is 5.97. The zero-order valence-corrected chi connectivity index (χ0v) is 11.0. The minimum absolute atomic E-state index is 0.808. The van der Waals surface area contributed by atoms with Gasteiger partial charge < -0.3 is 15.0 Å². The zero-order valence-electron chi connectivity index (χ0n) is 11.0. The highest BCUT2D eigenvalue weighted by molar-refractivity contribution is 5.47. The average molecular weight is 264 g/mol. The molecule has 0 saturated heterocycles. The van der Waals surface area contributed by atoms with Crippen LogP contribution in [0.15, 0.2) is 73.1 Å². The van der Waals surface area contributed by atoms with E-state index >= 15 is 0 Å². The lowest BCUT2D eigenvalue weighted by atomic mass is 10.2. The summed E-state index contributed by atoms with van der Waals surface area (Å²) in [5.74, 6) is 1.68. The Hall–Kier alpha value is -2.68. The van der Waals surface area contributed by atoms with Crippen LogP contribution in [-0.4, -0.2) is 4.98 Å². The Morgan fingerprint density at radius 3 is 2.30 bits per heavy atom. The monoisotopic (exact) mass is 264 g/mol. The van der Waals surface area contributed by atoms with Crippen LogP contribution in [0.1, 0.15) is 5.56 Å². The molecule has 0 aliphatic rings. The number of H-pyrrole nitrogens is 1. The van der Waals surface area contributed by atoms with E-state index in [1.54, 1.807) is 0 Å². The van der Waals surface area contributed by atoms with Crippen LogP contribution in [-0.2, 0) is 6.54 Å². The van der Waals surface area contributed by atoms with Gasteiger partial charge in [0.1, 0.15) is 11.5 Å². The summed E-state index contributed by atoms with van der Waals surface area (Å²) in [6, 6.07) is 19.8. The van der Waals surface area contributed by atoms with Crippen molar-refractivity contribution in [1.29, 1.82) is 0 Å². The van der Waals surface area contributed by atoms with Crippen molar-refractivity contribution in [1.82, 2.24) is 4.98 Å². The van der Waals surface area contributed by atoms with Crippen molar-refractivity contribution in [2.75, 3.05) is 5.32 Å². The van der Waals surface area contributed by atoms with E-state index in [1.807, 2.05) is 67.0 Å². The number of hydrogen-bond donors (Lipinski definition) is 2. The lowest BCUT2D eigenvalue weighted by molar-refractivity contribution is 0.483. The number of para-hydroxylation sites is 1. The van der Waals surface area contributed by atoms with E-state index in [9.17, 15) is 0 Å². The number of anilines is 1. The number of aromatic nitrogens is 1. The fourth-order valence-corrected chi connectivity index (χ4v) is 1.94. The maximum absolute atomic E-state index is 5.75. The molecule has 0 amide bonds. The topological polar surface area (TPSA) is 37.0 Å². The van der Waals surface area contributed by atoms with E-state index < -0.39 is 0 Å². The van der Waals surface area contributed by atoms with Gasteiger partial charge in [0.2, 0.25) is 0 Å². The summed E-state index contributed by atoms with van der Waals surface area (Å²) >= 11 is 0. The van der Waals surface area contributed by atoms with E-state index in [0.717, 1.165) is 23.7 Å². The van der Waals surface area contributed by atoms with Crippen LogP contribution < -0.4 is 10.1 Å². The fraction of sp³-hybridized carbons (Fsp3) is 0.0588. The molecule has 3 rings (SSSR count). The van der Waals surface area contributed by atoms with E-state index in [-0.39, 0.29) is 0 Å². The summed E-state index contributed by atoms with van der Waals surface area (Å²) < 4.78 is 5.75. The molecular weight excluding hydrogens is 248 g/mol. The van der Waals surface area contributed by atoms with Crippen LogP contribution >= 0.6 is 0 Å². The largest absolute Gasteiger partial charge is 0.457 e. The highest BCUT2D eigenvalue weighted by Crippen LogP contribution is 2.22. The smallest absolute Gasteiger partial charge is 0.127 e. The van der Waals surface area contributed by atoms with Crippen LogP contribution in [0, 0.1) is 0 Å². The molecule has 0 fully saturated rings. The van der Waals surface area contributed by atoms with Crippen molar-refractivity contribution in [2.24, 2.45) is 0 Å². The van der Waals surface area contributed by atoms with E-state index in [4.69, 9.17) is 4.74 Å². The molecule has 3 heteroatoms. The normalized spacial score (nSPS) is 10.2. The summed E-state index contributed by atoms with van der Waals surface area (Å²) in [5, 5.41) is 3.36. The summed E-state index contributed by atoms with van der Waals surface area (Å²) in [7, 11) is 0. The molecule has 0 saturated carbocycles. The van der Waals surface area contributed by atoms with Crippen LogP contribution in [0.4, 0.5) is 5.69 Å². The number of rotatable bonds is 5. The zero-order chi connectivity index (χ0) is 13.6. The van der Waals surface area contributed by atoms with Gasteiger partial charge in [0, 0.05) is 24.6 Å². The molecule has 0 unspecified atom stereocenters. The third kappa shape index (κ3) is 3.20. The lowest BCUT2D eigenvalue weighted by Crippen LogP contribution is -1.97. The van der Waals surface area contributed by atoms with Crippen molar-refractivity contribution in [3.8, 4) is 11.5 Å². The number of nitrogens with one attached hydrogen (secondary N) is 2. The Kier molecular flexibility index (Phi) is 3.69. The van der Waals surface area contributed by atoms with Gasteiger partial charge in [0.15, 0.2) is 0 Å². The summed E-state index contributed by atoms with van der Waals surface area (Å²) in [4.78, 5) is 3.04. The van der Waals surface area contributed by atoms with Gasteiger partial charge in [-0.05, 0) is 48.0 Å². The molecule has 3 aromatic rings. The van der Waals surface area contributed by atoms with Crippen molar-refractivity contribution in [2.45, 2.75) is 6.54 Å². The first-order valence-electron chi connectivity index (χ1n) is 6.59. The molecule has 2 N–H and O–H groups in total. The quantitative estimate of drug-likeness (QED) is 0.715. The van der Waals surface area contributed by atoms with E-state index in [1.165, 1.54) is 5.56 Å². The molecule has 20 heavy (non-hydrogen) atoms. The van der Waals surface area contributed by atoms with Crippen LogP contribution in [0.5, 0.6) is 11.5 Å². The van der Waals surface area contributed by atoms with Gasteiger partial charge in [-0.1, -0.05) is 18.2 Å². The Morgan fingerprint density at radius 2 is 1.60 bits per heavy atom. The van der Waals surface area contributed by atoms with Crippen LogP contribution in [0.25, 0.3) is 0 Å². The molecule has 1 heterocycles. The average Bonchev–Trinajstić information content (AvgIpc) is 3.01. The third-order valence-corrected chi connectivity index (χ3v) is 2.99. The van der Waals surface area contributed by atoms with Gasteiger partial charge in [-0.15, -0.1) is 0 Å². The Morgan fingerprint density at radius 1 is 0.850 bits per heavy atom. The molecule has 1 aromatic heterocycles. The van der Waals surface area contributed by atoms with Crippen molar-refractivity contribution in [3.63, 3.8) is 0 Å². The Balaban J connectivity index is 1.60. The third-order valence-electron chi connectivity index (χ3n) is 2.99. The highest BCUT2D eigenvalue weighted by atomic mass is 16.5. The first kappa shape index (κ1) is 12.4. The SMILES string of the molecule is c1ccc(Oc2ccc(NCc3cc[nH]c3)cc2)cc1. The van der Waals surface area contributed by atoms with Gasteiger partial charge in [-0.2, -0.15) is 0 Å². The van der Waals surface area contributed by atoms with E-state index in [0.29, 0.717) is 0 Å². The van der Waals surface area contributed by atoms with Gasteiger partial charge in [-0.25, -0.2) is 0 Å². The lowest BCUT2D eigenvalue weighted by Gasteiger charge is -2.08. The summed E-state index contributed by atoms with van der Waals surface area (Å²) in [6.07, 6.45) is 3.91. The highest BCUT2D eigenvalue weighted by Gasteiger charge is 1.98. The van der Waals surface area contributed by atoms with E-state index in [2.05, 4.69) is 16.4 Å². The second-order valence-electron chi connectivity index (χ2n) is 4.51. The van der Waals surface area contributed by atoms with Crippen molar-refractivity contribution in [3.05, 3.63) is 78.6 Å². The molecule has 3 nitrogen and oxygen atoms in total. The fourth-order valence-electron chi connectivity index (χ4n) is 1.94. The summed E-state index contributed by atoms with van der Waals surface area (Å²) in [6.45, 7) is 0.808. The van der Waals surface area contributed by atoms with Crippen LogP contribution in [0.3, 0.4) is 0 Å². The van der Waals surface area contributed by atoms with Crippen molar-refractivity contribution < 1.29 is 4.74 Å². The van der Waals surface area contributed by atoms with Crippen LogP contribution in [0.2, 0.25) is 0 Å². The molecule has 0 spiro atoms. The van der Waals surface area contributed by atoms with Gasteiger partial charge in [-0.3, -0.25) is 0 Å². The number of hydrogen-bond acceptors (Lipinski definition) is 2. The molecule has 0 aliphatic carbocycles. The standard InChI is InChI=1S/C17H16N2O/c1-2-4-16(5-3-1)20-17-8-6-15(7-9-17)19-13-14-10-11-18-12-14/h1-12,18-19H,13H2. The predicted octanol–water partition coefficient (Wildman–Crippen LogP) is 4.42. The summed E-state index contributed by atoms with van der Waals surface area (Å²) in [5.41, 5.74) is 2.31. The maximum Gasteiger partial charge on any atom is 0.127 e. The second-order valence-corrected chi connectivity index (χ2v) is 4.51. The maximum atomic E-state index is 5.75. The molecule has 0 aliphatic heterocycles.